The van der Waals surface area contributed by atoms with Crippen molar-refractivity contribution in [3.05, 3.63) is 65.2 Å². The van der Waals surface area contributed by atoms with Gasteiger partial charge >= 0.3 is 0 Å². The molecule has 0 aliphatic carbocycles. The predicted molar refractivity (Wildman–Crippen MR) is 103 cm³/mol. The zero-order valence-electron chi connectivity index (χ0n) is 13.8. The molecule has 0 radical (unpaired) electrons. The molecule has 2 aromatic rings. The van der Waals surface area contributed by atoms with Crippen molar-refractivity contribution in [2.24, 2.45) is 5.73 Å². The van der Waals surface area contributed by atoms with Crippen LogP contribution >= 0.6 is 24.2 Å². The van der Waals surface area contributed by atoms with Crippen LogP contribution in [0.3, 0.4) is 0 Å². The van der Waals surface area contributed by atoms with Gasteiger partial charge in [-0.15, -0.1) is 24.2 Å². The van der Waals surface area contributed by atoms with E-state index in [0.29, 0.717) is 19.6 Å². The van der Waals surface area contributed by atoms with E-state index in [1.165, 1.54) is 16.0 Å². The Kier molecular flexibility index (Phi) is 6.72. The molecule has 2 aromatic carbocycles. The first-order chi connectivity index (χ1) is 11.2. The second-order valence-corrected chi connectivity index (χ2v) is 7.20. The molecule has 0 saturated carbocycles. The summed E-state index contributed by atoms with van der Waals surface area (Å²) in [6, 6.07) is 16.5. The van der Waals surface area contributed by atoms with E-state index in [2.05, 4.69) is 37.3 Å². The van der Waals surface area contributed by atoms with Crippen LogP contribution in [0.4, 0.5) is 0 Å². The lowest BCUT2D eigenvalue weighted by Gasteiger charge is -2.25. The van der Waals surface area contributed by atoms with Crippen molar-refractivity contribution < 1.29 is 4.79 Å². The van der Waals surface area contributed by atoms with Crippen LogP contribution in [0, 0.1) is 6.92 Å². The number of rotatable bonds is 5. The summed E-state index contributed by atoms with van der Waals surface area (Å²) in [4.78, 5) is 16.1. The fourth-order valence-corrected chi connectivity index (χ4v) is 4.28. The van der Waals surface area contributed by atoms with E-state index in [1.54, 1.807) is 11.8 Å². The van der Waals surface area contributed by atoms with Gasteiger partial charge in [-0.3, -0.25) is 4.79 Å². The van der Waals surface area contributed by atoms with Gasteiger partial charge in [-0.05, 0) is 30.5 Å². The summed E-state index contributed by atoms with van der Waals surface area (Å²) >= 11 is 1.69. The lowest BCUT2D eigenvalue weighted by atomic mass is 10.1. The van der Waals surface area contributed by atoms with Gasteiger partial charge in [0, 0.05) is 24.5 Å². The molecule has 1 atom stereocenters. The van der Waals surface area contributed by atoms with E-state index in [1.807, 2.05) is 23.1 Å². The SMILES string of the molecule is Cc1ccc2c(c1)SC(C(=O)N(CCN)Cc1ccccc1)C2.Cl. The molecule has 0 spiro atoms. The van der Waals surface area contributed by atoms with E-state index in [-0.39, 0.29) is 23.6 Å². The molecule has 1 unspecified atom stereocenters. The number of nitrogens with zero attached hydrogens (tertiary/aromatic N) is 1. The van der Waals surface area contributed by atoms with E-state index in [0.717, 1.165) is 12.0 Å². The Morgan fingerprint density at radius 1 is 1.25 bits per heavy atom. The molecule has 1 aliphatic rings. The molecule has 0 bridgehead atoms. The quantitative estimate of drug-likeness (QED) is 0.886. The largest absolute Gasteiger partial charge is 0.336 e. The van der Waals surface area contributed by atoms with E-state index in [4.69, 9.17) is 5.73 Å². The van der Waals surface area contributed by atoms with Crippen LogP contribution < -0.4 is 5.73 Å². The number of aryl methyl sites for hydroxylation is 1. The van der Waals surface area contributed by atoms with Crippen LogP contribution in [0.15, 0.2) is 53.4 Å². The molecular weight excluding hydrogens is 340 g/mol. The van der Waals surface area contributed by atoms with Crippen LogP contribution in [0.1, 0.15) is 16.7 Å². The van der Waals surface area contributed by atoms with Gasteiger partial charge in [-0.2, -0.15) is 0 Å². The predicted octanol–water partition coefficient (Wildman–Crippen LogP) is 3.42. The molecule has 0 saturated heterocycles. The van der Waals surface area contributed by atoms with Crippen molar-refractivity contribution in [2.45, 2.75) is 30.0 Å². The molecule has 1 aliphatic heterocycles. The van der Waals surface area contributed by atoms with Crippen molar-refractivity contribution in [1.29, 1.82) is 0 Å². The minimum atomic E-state index is -0.0259. The third-order valence-corrected chi connectivity index (χ3v) is 5.39. The van der Waals surface area contributed by atoms with Gasteiger partial charge in [0.2, 0.25) is 5.91 Å². The lowest BCUT2D eigenvalue weighted by molar-refractivity contribution is -0.131. The number of nitrogens with two attached hydrogens (primary N) is 1. The normalized spacial score (nSPS) is 15.5. The second kappa shape index (κ2) is 8.56. The molecule has 1 amide bonds. The summed E-state index contributed by atoms with van der Waals surface area (Å²) in [6.45, 7) is 3.80. The monoisotopic (exact) mass is 362 g/mol. The molecule has 3 nitrogen and oxygen atoms in total. The van der Waals surface area contributed by atoms with Crippen molar-refractivity contribution in [2.75, 3.05) is 13.1 Å². The highest BCUT2D eigenvalue weighted by Gasteiger charge is 2.31. The maximum absolute atomic E-state index is 12.9. The number of benzene rings is 2. The Labute approximate surface area is 154 Å². The summed E-state index contributed by atoms with van der Waals surface area (Å²) in [6.07, 6.45) is 0.814. The maximum Gasteiger partial charge on any atom is 0.236 e. The first-order valence-electron chi connectivity index (χ1n) is 7.96. The van der Waals surface area contributed by atoms with Gasteiger partial charge in [0.1, 0.15) is 0 Å². The Morgan fingerprint density at radius 3 is 2.71 bits per heavy atom. The van der Waals surface area contributed by atoms with Crippen molar-refractivity contribution >= 4 is 30.1 Å². The highest BCUT2D eigenvalue weighted by molar-refractivity contribution is 8.01. The fraction of sp³-hybridized carbons (Fsp3) is 0.316. The third kappa shape index (κ3) is 4.32. The van der Waals surface area contributed by atoms with Crippen LogP contribution in [-0.2, 0) is 17.8 Å². The highest BCUT2D eigenvalue weighted by atomic mass is 35.5. The van der Waals surface area contributed by atoms with Gasteiger partial charge < -0.3 is 10.6 Å². The van der Waals surface area contributed by atoms with E-state index < -0.39 is 0 Å². The number of fused-ring (bicyclic) bond motifs is 1. The number of carbonyl (C=O) groups is 1. The van der Waals surface area contributed by atoms with Gasteiger partial charge in [0.25, 0.3) is 0 Å². The molecule has 2 N–H and O–H groups in total. The maximum atomic E-state index is 12.9. The van der Waals surface area contributed by atoms with Crippen molar-refractivity contribution in [3.63, 3.8) is 0 Å². The standard InChI is InChI=1S/C19H22N2OS.ClH/c1-14-7-8-16-12-18(23-17(16)11-14)19(22)21(10-9-20)13-15-5-3-2-4-6-15;/h2-8,11,18H,9-10,12-13,20H2,1H3;1H. The van der Waals surface area contributed by atoms with Crippen molar-refractivity contribution in [1.82, 2.24) is 4.90 Å². The number of hydrogen-bond acceptors (Lipinski definition) is 3. The van der Waals surface area contributed by atoms with Crippen molar-refractivity contribution in [3.8, 4) is 0 Å². The van der Waals surface area contributed by atoms with E-state index >= 15 is 0 Å². The van der Waals surface area contributed by atoms with Crippen LogP contribution in [0.25, 0.3) is 0 Å². The highest BCUT2D eigenvalue weighted by Crippen LogP contribution is 2.38. The first-order valence-corrected chi connectivity index (χ1v) is 8.84. The Balaban J connectivity index is 0.00000208. The molecule has 0 aromatic heterocycles. The molecule has 24 heavy (non-hydrogen) atoms. The number of halogens is 1. The average Bonchev–Trinajstić information content (AvgIpc) is 2.98. The zero-order valence-corrected chi connectivity index (χ0v) is 15.4. The molecular formula is C19H23ClN2OS. The minimum absolute atomic E-state index is 0. The second-order valence-electron chi connectivity index (χ2n) is 5.96. The number of amides is 1. The minimum Gasteiger partial charge on any atom is -0.336 e. The third-order valence-electron chi connectivity index (χ3n) is 4.10. The summed E-state index contributed by atoms with van der Waals surface area (Å²) in [5.41, 5.74) is 9.39. The fourth-order valence-electron chi connectivity index (χ4n) is 2.90. The zero-order chi connectivity index (χ0) is 16.2. The number of carbonyl (C=O) groups excluding carboxylic acids is 1. The van der Waals surface area contributed by atoms with Crippen LogP contribution in [0.2, 0.25) is 0 Å². The molecule has 128 valence electrons. The van der Waals surface area contributed by atoms with Crippen LogP contribution in [0.5, 0.6) is 0 Å². The number of hydrogen-bond donors (Lipinski definition) is 1. The van der Waals surface area contributed by atoms with Gasteiger partial charge in [-0.25, -0.2) is 0 Å². The topological polar surface area (TPSA) is 46.3 Å². The summed E-state index contributed by atoms with van der Waals surface area (Å²) in [5.74, 6) is 0.193. The van der Waals surface area contributed by atoms with Gasteiger partial charge in [0.05, 0.1) is 5.25 Å². The molecule has 0 fully saturated rings. The molecule has 1 heterocycles. The smallest absolute Gasteiger partial charge is 0.236 e. The first kappa shape index (κ1) is 18.8. The summed E-state index contributed by atoms with van der Waals surface area (Å²) in [7, 11) is 0. The number of thioether (sulfide) groups is 1. The Hall–Kier alpha value is -1.49. The molecule has 3 rings (SSSR count). The lowest BCUT2D eigenvalue weighted by Crippen LogP contribution is -2.40. The van der Waals surface area contributed by atoms with E-state index in [9.17, 15) is 4.79 Å². The summed E-state index contributed by atoms with van der Waals surface area (Å²) in [5, 5.41) is -0.0259. The Morgan fingerprint density at radius 2 is 2.00 bits per heavy atom. The van der Waals surface area contributed by atoms with Gasteiger partial charge in [-0.1, -0.05) is 48.0 Å². The average molecular weight is 363 g/mol. The van der Waals surface area contributed by atoms with Crippen LogP contribution in [-0.4, -0.2) is 29.1 Å². The Bertz CT molecular complexity index is 693. The van der Waals surface area contributed by atoms with Gasteiger partial charge in [0.15, 0.2) is 0 Å². The summed E-state index contributed by atoms with van der Waals surface area (Å²) < 4.78 is 0. The molecule has 5 heteroatoms.